The summed E-state index contributed by atoms with van der Waals surface area (Å²) in [6, 6.07) is 0. The maximum atomic E-state index is 9.25. The zero-order valence-electron chi connectivity index (χ0n) is 4.05. The average Bonchev–Trinajstić information content (AvgIpc) is 1.38. The summed E-state index contributed by atoms with van der Waals surface area (Å²) < 4.78 is 0. The van der Waals surface area contributed by atoms with Crippen LogP contribution in [0.1, 0.15) is 0 Å². The highest BCUT2D eigenvalue weighted by molar-refractivity contribution is 5.78. The van der Waals surface area contributed by atoms with Crippen LogP contribution < -0.4 is 12.3 Å². The Labute approximate surface area is 42.0 Å². The number of hydrogen-bond acceptors (Lipinski definition) is 3. The van der Waals surface area contributed by atoms with Gasteiger partial charge >= 0.3 is 5.97 Å². The molecule has 0 heterocycles. The lowest BCUT2D eigenvalue weighted by atomic mass is 10.7. The molecule has 0 aromatic heterocycles. The molecule has 0 unspecified atom stereocenters. The maximum Gasteiger partial charge on any atom is 0.327 e. The standard InChI is InChI=1S/C3H4O2.2H3N/c1-2-3(4)5;;/h2H,1H2,(H,4,5);2*1H3. The van der Waals surface area contributed by atoms with Crippen molar-refractivity contribution in [1.82, 2.24) is 12.3 Å². The molecule has 0 spiro atoms. The highest BCUT2D eigenvalue weighted by Crippen LogP contribution is 1.54. The van der Waals surface area contributed by atoms with Gasteiger partial charge in [-0.1, -0.05) is 6.58 Å². The summed E-state index contributed by atoms with van der Waals surface area (Å²) in [5.74, 6) is -0.981. The molecule has 0 atom stereocenters. The van der Waals surface area contributed by atoms with Gasteiger partial charge in [-0.05, 0) is 0 Å². The molecular weight excluding hydrogens is 96.0 g/mol. The lowest BCUT2D eigenvalue weighted by Crippen LogP contribution is -1.82. The Balaban J connectivity index is -0.0000000800. The number of carboxylic acid groups (broad SMARTS) is 1. The smallest absolute Gasteiger partial charge is 0.327 e. The minimum absolute atomic E-state index is 0. The van der Waals surface area contributed by atoms with Crippen molar-refractivity contribution in [2.75, 3.05) is 0 Å². The molecule has 0 saturated heterocycles. The van der Waals surface area contributed by atoms with Crippen LogP contribution in [0.15, 0.2) is 12.7 Å². The third-order valence-electron chi connectivity index (χ3n) is 0.175. The van der Waals surface area contributed by atoms with Gasteiger partial charge in [0, 0.05) is 6.08 Å². The normalized spacial score (nSPS) is 4.57. The topological polar surface area (TPSA) is 107 Å². The second-order valence-corrected chi connectivity index (χ2v) is 0.542. The van der Waals surface area contributed by atoms with E-state index in [0.717, 1.165) is 6.08 Å². The molecule has 7 N–H and O–H groups in total. The predicted molar refractivity (Wildman–Crippen MR) is 27.9 cm³/mol. The maximum absolute atomic E-state index is 9.25. The van der Waals surface area contributed by atoms with E-state index in [-0.39, 0.29) is 12.3 Å². The fraction of sp³-hybridized carbons (Fsp3) is 0. The van der Waals surface area contributed by atoms with Crippen molar-refractivity contribution < 1.29 is 9.90 Å². The quantitative estimate of drug-likeness (QED) is 0.425. The first-order chi connectivity index (χ1) is 2.27. The molecular formula is C3H10N2O2. The van der Waals surface area contributed by atoms with Crippen LogP contribution in [0.2, 0.25) is 0 Å². The summed E-state index contributed by atoms with van der Waals surface area (Å²) in [5, 5.41) is 7.60. The minimum Gasteiger partial charge on any atom is -0.478 e. The molecule has 0 radical (unpaired) electrons. The molecule has 4 heteroatoms. The van der Waals surface area contributed by atoms with Crippen molar-refractivity contribution >= 4 is 5.97 Å². The highest BCUT2D eigenvalue weighted by atomic mass is 16.4. The second kappa shape index (κ2) is 8.93. The van der Waals surface area contributed by atoms with Crippen LogP contribution in [-0.2, 0) is 4.79 Å². The van der Waals surface area contributed by atoms with Gasteiger partial charge in [-0.2, -0.15) is 0 Å². The number of hydrogen-bond donors (Lipinski definition) is 3. The number of aliphatic carboxylic acids is 1. The van der Waals surface area contributed by atoms with E-state index in [1.165, 1.54) is 0 Å². The summed E-state index contributed by atoms with van der Waals surface area (Å²) in [5.41, 5.74) is 0. The molecule has 0 aromatic rings. The van der Waals surface area contributed by atoms with E-state index in [1.54, 1.807) is 0 Å². The third kappa shape index (κ3) is 39.4. The van der Waals surface area contributed by atoms with Gasteiger partial charge in [0.2, 0.25) is 0 Å². The number of carbonyl (C=O) groups is 1. The van der Waals surface area contributed by atoms with Crippen molar-refractivity contribution in [3.63, 3.8) is 0 Å². The molecule has 44 valence electrons. The van der Waals surface area contributed by atoms with Crippen LogP contribution in [0.5, 0.6) is 0 Å². The van der Waals surface area contributed by atoms with Gasteiger partial charge in [0.15, 0.2) is 0 Å². The van der Waals surface area contributed by atoms with Crippen molar-refractivity contribution in [3.8, 4) is 0 Å². The summed E-state index contributed by atoms with van der Waals surface area (Å²) >= 11 is 0. The van der Waals surface area contributed by atoms with Crippen molar-refractivity contribution in [2.24, 2.45) is 0 Å². The first-order valence-electron chi connectivity index (χ1n) is 1.12. The number of carboxylic acids is 1. The minimum atomic E-state index is -0.981. The fourth-order valence-corrected chi connectivity index (χ4v) is 0. The molecule has 0 fully saturated rings. The van der Waals surface area contributed by atoms with E-state index in [2.05, 4.69) is 6.58 Å². The molecule has 0 aliphatic rings. The molecule has 0 aliphatic carbocycles. The first kappa shape index (κ1) is 16.5. The average molecular weight is 106 g/mol. The van der Waals surface area contributed by atoms with Gasteiger partial charge in [-0.25, -0.2) is 4.79 Å². The largest absolute Gasteiger partial charge is 0.478 e. The number of rotatable bonds is 1. The zero-order valence-corrected chi connectivity index (χ0v) is 4.05. The van der Waals surface area contributed by atoms with Gasteiger partial charge in [-0.15, -0.1) is 0 Å². The molecule has 0 saturated carbocycles. The van der Waals surface area contributed by atoms with Crippen molar-refractivity contribution in [2.45, 2.75) is 0 Å². The van der Waals surface area contributed by atoms with Crippen LogP contribution in [-0.4, -0.2) is 11.1 Å². The molecule has 0 amide bonds. The van der Waals surface area contributed by atoms with E-state index in [9.17, 15) is 4.79 Å². The van der Waals surface area contributed by atoms with Crippen molar-refractivity contribution in [1.29, 1.82) is 0 Å². The predicted octanol–water partition coefficient (Wildman–Crippen LogP) is 0.581. The van der Waals surface area contributed by atoms with Crippen LogP contribution in [0.3, 0.4) is 0 Å². The lowest BCUT2D eigenvalue weighted by Gasteiger charge is -1.64. The Morgan fingerprint density at radius 1 is 1.57 bits per heavy atom. The van der Waals surface area contributed by atoms with Gasteiger partial charge in [0.25, 0.3) is 0 Å². The molecule has 0 bridgehead atoms. The van der Waals surface area contributed by atoms with Crippen LogP contribution in [0.25, 0.3) is 0 Å². The molecule has 4 nitrogen and oxygen atoms in total. The molecule has 0 aliphatic heterocycles. The monoisotopic (exact) mass is 106 g/mol. The Morgan fingerprint density at radius 3 is 1.71 bits per heavy atom. The van der Waals surface area contributed by atoms with E-state index < -0.39 is 5.97 Å². The highest BCUT2D eigenvalue weighted by Gasteiger charge is 1.73. The summed E-state index contributed by atoms with van der Waals surface area (Å²) in [4.78, 5) is 9.25. The molecule has 0 rings (SSSR count). The summed E-state index contributed by atoms with van der Waals surface area (Å²) in [6.45, 7) is 2.96. The van der Waals surface area contributed by atoms with Gasteiger partial charge in [-0.3, -0.25) is 0 Å². The first-order valence-corrected chi connectivity index (χ1v) is 1.12. The van der Waals surface area contributed by atoms with Gasteiger partial charge in [0.05, 0.1) is 0 Å². The molecule has 7 heavy (non-hydrogen) atoms. The lowest BCUT2D eigenvalue weighted by molar-refractivity contribution is -0.131. The van der Waals surface area contributed by atoms with Gasteiger partial charge in [0.1, 0.15) is 0 Å². The van der Waals surface area contributed by atoms with Gasteiger partial charge < -0.3 is 17.4 Å². The van der Waals surface area contributed by atoms with Crippen LogP contribution in [0, 0.1) is 0 Å². The Morgan fingerprint density at radius 2 is 1.71 bits per heavy atom. The Kier molecular flexibility index (Phi) is 21.0. The second-order valence-electron chi connectivity index (χ2n) is 0.542. The van der Waals surface area contributed by atoms with Crippen LogP contribution in [0.4, 0.5) is 0 Å². The summed E-state index contributed by atoms with van der Waals surface area (Å²) in [7, 11) is 0. The van der Waals surface area contributed by atoms with Crippen LogP contribution >= 0.6 is 0 Å². The van der Waals surface area contributed by atoms with E-state index >= 15 is 0 Å². The van der Waals surface area contributed by atoms with E-state index in [1.807, 2.05) is 0 Å². The Bertz CT molecular complexity index is 62.0. The van der Waals surface area contributed by atoms with Crippen molar-refractivity contribution in [3.05, 3.63) is 12.7 Å². The third-order valence-corrected chi connectivity index (χ3v) is 0.175. The SMILES string of the molecule is C=CC(=O)O.N.N. The van der Waals surface area contributed by atoms with E-state index in [0.29, 0.717) is 0 Å². The van der Waals surface area contributed by atoms with E-state index in [4.69, 9.17) is 5.11 Å². The Hall–Kier alpha value is -0.870. The summed E-state index contributed by atoms with van der Waals surface area (Å²) in [6.07, 6.45) is 0.833. The zero-order chi connectivity index (χ0) is 4.28. The fourth-order valence-electron chi connectivity index (χ4n) is 0. The molecule has 0 aromatic carbocycles.